The topological polar surface area (TPSA) is 26.3 Å². The van der Waals surface area contributed by atoms with E-state index in [9.17, 15) is 9.18 Å². The quantitative estimate of drug-likeness (QED) is 0.610. The van der Waals surface area contributed by atoms with E-state index >= 15 is 0 Å². The average Bonchev–Trinajstić information content (AvgIpc) is 3.16. The van der Waals surface area contributed by atoms with Crippen LogP contribution in [0.5, 0.6) is 0 Å². The summed E-state index contributed by atoms with van der Waals surface area (Å²) in [7, 11) is 0. The third-order valence-electron chi connectivity index (χ3n) is 4.14. The summed E-state index contributed by atoms with van der Waals surface area (Å²) in [4.78, 5) is 14.7. The molecular weight excluding hydrogens is 355 g/mol. The minimum Gasteiger partial charge on any atom is -0.460 e. The zero-order valence-corrected chi connectivity index (χ0v) is 16.4. The summed E-state index contributed by atoms with van der Waals surface area (Å²) in [6, 6.07) is 10.8. The van der Waals surface area contributed by atoms with Crippen molar-refractivity contribution in [2.75, 3.05) is 5.75 Å². The molecule has 3 rings (SSSR count). The van der Waals surface area contributed by atoms with E-state index in [2.05, 4.69) is 12.1 Å². The number of thiophene rings is 1. The molecule has 1 saturated heterocycles. The van der Waals surface area contributed by atoms with Crippen LogP contribution in [0.25, 0.3) is 10.4 Å². The smallest absolute Gasteiger partial charge is 0.308 e. The highest BCUT2D eigenvalue weighted by Crippen LogP contribution is 2.52. The Morgan fingerprint density at radius 2 is 1.92 bits per heavy atom. The first-order chi connectivity index (χ1) is 11.8. The second-order valence-corrected chi connectivity index (χ2v) is 9.94. The molecule has 1 fully saturated rings. The van der Waals surface area contributed by atoms with E-state index in [0.717, 1.165) is 29.0 Å². The number of ether oxygens (including phenoxy) is 1. The molecule has 2 heterocycles. The normalized spacial score (nSPS) is 20.6. The van der Waals surface area contributed by atoms with Crippen molar-refractivity contribution in [2.24, 2.45) is 0 Å². The van der Waals surface area contributed by atoms with Crippen LogP contribution in [0, 0.1) is 5.82 Å². The predicted octanol–water partition coefficient (Wildman–Crippen LogP) is 6.01. The van der Waals surface area contributed by atoms with Gasteiger partial charge >= 0.3 is 5.97 Å². The van der Waals surface area contributed by atoms with Gasteiger partial charge in [0.2, 0.25) is 0 Å². The number of halogens is 1. The van der Waals surface area contributed by atoms with Gasteiger partial charge < -0.3 is 4.74 Å². The summed E-state index contributed by atoms with van der Waals surface area (Å²) < 4.78 is 18.5. The largest absolute Gasteiger partial charge is 0.460 e. The number of rotatable bonds is 4. The molecular formula is C20H23FO2S2. The van der Waals surface area contributed by atoms with E-state index in [1.165, 1.54) is 17.0 Å². The Hall–Kier alpha value is -1.33. The standard InChI is InChI=1S/C20H23FO2S2/c1-19(2,3)23-18(22)13-20(11-4-12-24-20)17-10-9-16(25-17)14-5-7-15(21)8-6-14/h5-10H,4,11-13H2,1-3H3. The number of benzene rings is 1. The highest BCUT2D eigenvalue weighted by atomic mass is 32.2. The Kier molecular flexibility index (Phi) is 5.26. The summed E-state index contributed by atoms with van der Waals surface area (Å²) in [6.07, 6.45) is 2.50. The van der Waals surface area contributed by atoms with Gasteiger partial charge in [-0.25, -0.2) is 4.39 Å². The lowest BCUT2D eigenvalue weighted by Crippen LogP contribution is -2.29. The zero-order valence-electron chi connectivity index (χ0n) is 14.8. The van der Waals surface area contributed by atoms with Gasteiger partial charge in [0.1, 0.15) is 11.4 Å². The first kappa shape index (κ1) is 18.5. The molecule has 25 heavy (non-hydrogen) atoms. The summed E-state index contributed by atoms with van der Waals surface area (Å²) in [6.45, 7) is 5.70. The Labute approximate surface area is 156 Å². The molecule has 0 amide bonds. The van der Waals surface area contributed by atoms with Crippen LogP contribution >= 0.6 is 23.1 Å². The Morgan fingerprint density at radius 1 is 1.20 bits per heavy atom. The van der Waals surface area contributed by atoms with Crippen molar-refractivity contribution in [3.63, 3.8) is 0 Å². The van der Waals surface area contributed by atoms with Crippen molar-refractivity contribution in [2.45, 2.75) is 50.4 Å². The lowest BCUT2D eigenvalue weighted by molar-refractivity contribution is -0.155. The molecule has 0 bridgehead atoms. The number of hydrogen-bond acceptors (Lipinski definition) is 4. The van der Waals surface area contributed by atoms with Gasteiger partial charge in [0.05, 0.1) is 11.2 Å². The molecule has 2 aromatic rings. The monoisotopic (exact) mass is 378 g/mol. The van der Waals surface area contributed by atoms with Gasteiger partial charge in [-0.2, -0.15) is 0 Å². The van der Waals surface area contributed by atoms with Crippen LogP contribution in [0.2, 0.25) is 0 Å². The molecule has 1 unspecified atom stereocenters. The maximum absolute atomic E-state index is 13.1. The lowest BCUT2D eigenvalue weighted by atomic mass is 9.97. The van der Waals surface area contributed by atoms with Crippen LogP contribution in [0.4, 0.5) is 4.39 Å². The predicted molar refractivity (Wildman–Crippen MR) is 104 cm³/mol. The molecule has 0 radical (unpaired) electrons. The minimum absolute atomic E-state index is 0.140. The SMILES string of the molecule is CC(C)(C)OC(=O)CC1(c2ccc(-c3ccc(F)cc3)s2)CCCS1. The number of thioether (sulfide) groups is 1. The molecule has 5 heteroatoms. The van der Waals surface area contributed by atoms with Crippen LogP contribution in [0.15, 0.2) is 36.4 Å². The highest BCUT2D eigenvalue weighted by Gasteiger charge is 2.41. The van der Waals surface area contributed by atoms with E-state index in [1.807, 2.05) is 32.5 Å². The molecule has 0 aliphatic carbocycles. The summed E-state index contributed by atoms with van der Waals surface area (Å²) in [5.41, 5.74) is 0.545. The van der Waals surface area contributed by atoms with Crippen molar-refractivity contribution in [3.8, 4) is 10.4 Å². The third-order valence-corrected chi connectivity index (χ3v) is 7.22. The van der Waals surface area contributed by atoms with Crippen LogP contribution < -0.4 is 0 Å². The van der Waals surface area contributed by atoms with Crippen molar-refractivity contribution in [1.82, 2.24) is 0 Å². The summed E-state index contributed by atoms with van der Waals surface area (Å²) in [5.74, 6) is 0.693. The van der Waals surface area contributed by atoms with E-state index in [-0.39, 0.29) is 16.5 Å². The van der Waals surface area contributed by atoms with Crippen molar-refractivity contribution in [3.05, 3.63) is 47.1 Å². The lowest BCUT2D eigenvalue weighted by Gasteiger charge is -2.28. The zero-order chi connectivity index (χ0) is 18.1. The van der Waals surface area contributed by atoms with Gasteiger partial charge in [-0.15, -0.1) is 23.1 Å². The number of carbonyl (C=O) groups is 1. The van der Waals surface area contributed by atoms with Crippen LogP contribution in [-0.4, -0.2) is 17.3 Å². The second kappa shape index (κ2) is 7.12. The molecule has 1 aromatic carbocycles. The summed E-state index contributed by atoms with van der Waals surface area (Å²) >= 11 is 3.55. The van der Waals surface area contributed by atoms with Gasteiger partial charge in [-0.05, 0) is 69.2 Å². The van der Waals surface area contributed by atoms with E-state index in [1.54, 1.807) is 23.5 Å². The van der Waals surface area contributed by atoms with Crippen molar-refractivity contribution >= 4 is 29.1 Å². The molecule has 2 nitrogen and oxygen atoms in total. The Bertz CT molecular complexity index is 738. The molecule has 1 aliphatic heterocycles. The number of hydrogen-bond donors (Lipinski definition) is 0. The molecule has 0 spiro atoms. The van der Waals surface area contributed by atoms with E-state index in [0.29, 0.717) is 6.42 Å². The average molecular weight is 379 g/mol. The van der Waals surface area contributed by atoms with Gasteiger partial charge in [0.15, 0.2) is 0 Å². The van der Waals surface area contributed by atoms with E-state index < -0.39 is 5.60 Å². The van der Waals surface area contributed by atoms with E-state index in [4.69, 9.17) is 4.74 Å². The van der Waals surface area contributed by atoms with Gasteiger partial charge in [-0.3, -0.25) is 4.79 Å². The van der Waals surface area contributed by atoms with Crippen LogP contribution in [0.3, 0.4) is 0 Å². The van der Waals surface area contributed by atoms with Gasteiger partial charge in [-0.1, -0.05) is 12.1 Å². The van der Waals surface area contributed by atoms with Crippen molar-refractivity contribution in [1.29, 1.82) is 0 Å². The molecule has 1 aliphatic rings. The maximum atomic E-state index is 13.1. The number of esters is 1. The Balaban J connectivity index is 1.84. The van der Waals surface area contributed by atoms with Crippen LogP contribution in [-0.2, 0) is 14.3 Å². The molecule has 0 N–H and O–H groups in total. The second-order valence-electron chi connectivity index (χ2n) is 7.38. The van der Waals surface area contributed by atoms with Gasteiger partial charge in [0.25, 0.3) is 0 Å². The number of carbonyl (C=O) groups excluding carboxylic acids is 1. The third kappa shape index (κ3) is 4.45. The first-order valence-electron chi connectivity index (χ1n) is 8.50. The molecule has 134 valence electrons. The van der Waals surface area contributed by atoms with Crippen LogP contribution in [0.1, 0.15) is 44.9 Å². The fourth-order valence-electron chi connectivity index (χ4n) is 3.08. The molecule has 1 atom stereocenters. The van der Waals surface area contributed by atoms with Crippen molar-refractivity contribution < 1.29 is 13.9 Å². The first-order valence-corrected chi connectivity index (χ1v) is 10.3. The van der Waals surface area contributed by atoms with Gasteiger partial charge in [0, 0.05) is 9.75 Å². The fourth-order valence-corrected chi connectivity index (χ4v) is 5.90. The fraction of sp³-hybridized carbons (Fsp3) is 0.450. The molecule has 1 aromatic heterocycles. The Morgan fingerprint density at radius 3 is 2.52 bits per heavy atom. The molecule has 0 saturated carbocycles. The highest BCUT2D eigenvalue weighted by molar-refractivity contribution is 8.00. The summed E-state index contributed by atoms with van der Waals surface area (Å²) in [5, 5.41) is 0. The minimum atomic E-state index is -0.462. The maximum Gasteiger partial charge on any atom is 0.308 e.